The molecule has 1 atom stereocenters. The summed E-state index contributed by atoms with van der Waals surface area (Å²) in [5, 5.41) is 7.81. The first-order chi connectivity index (χ1) is 13.7. The summed E-state index contributed by atoms with van der Waals surface area (Å²) in [6.45, 7) is 7.57. The molecular formula is C21H24N4O3S. The SMILES string of the molecule is Cc1cc(C)c(-c2csc(NC(=O)CN3C(=O)NC(C)(C4CC4)C3=O)n2)c(C)c1. The van der Waals surface area contributed by atoms with Crippen molar-refractivity contribution in [2.75, 3.05) is 11.9 Å². The number of nitrogens with one attached hydrogen (secondary N) is 2. The Balaban J connectivity index is 1.45. The van der Waals surface area contributed by atoms with Crippen molar-refractivity contribution in [2.45, 2.75) is 46.1 Å². The number of hydrogen-bond donors (Lipinski definition) is 2. The number of aryl methyl sites for hydroxylation is 3. The topological polar surface area (TPSA) is 91.4 Å². The van der Waals surface area contributed by atoms with Crippen molar-refractivity contribution in [3.63, 3.8) is 0 Å². The first-order valence-electron chi connectivity index (χ1n) is 9.66. The number of carbonyl (C=O) groups is 3. The highest BCUT2D eigenvalue weighted by atomic mass is 32.1. The zero-order chi connectivity index (χ0) is 20.9. The quantitative estimate of drug-likeness (QED) is 0.737. The van der Waals surface area contributed by atoms with Gasteiger partial charge in [-0.25, -0.2) is 9.78 Å². The minimum atomic E-state index is -0.883. The average Bonchev–Trinajstić information content (AvgIpc) is 3.36. The number of imide groups is 1. The molecule has 1 aromatic heterocycles. The van der Waals surface area contributed by atoms with Gasteiger partial charge in [-0.1, -0.05) is 17.7 Å². The fraction of sp³-hybridized carbons (Fsp3) is 0.429. The van der Waals surface area contributed by atoms with Gasteiger partial charge in [-0.15, -0.1) is 11.3 Å². The highest BCUT2D eigenvalue weighted by Gasteiger charge is 2.56. The first-order valence-corrected chi connectivity index (χ1v) is 10.5. The number of thiazole rings is 1. The number of carbonyl (C=O) groups excluding carboxylic acids is 3. The van der Waals surface area contributed by atoms with Gasteiger partial charge < -0.3 is 10.6 Å². The highest BCUT2D eigenvalue weighted by Crippen LogP contribution is 2.42. The number of anilines is 1. The molecule has 29 heavy (non-hydrogen) atoms. The highest BCUT2D eigenvalue weighted by molar-refractivity contribution is 7.14. The molecular weight excluding hydrogens is 388 g/mol. The van der Waals surface area contributed by atoms with Crippen LogP contribution in [0.4, 0.5) is 9.93 Å². The van der Waals surface area contributed by atoms with Crippen LogP contribution in [0, 0.1) is 26.7 Å². The van der Waals surface area contributed by atoms with Crippen LogP contribution < -0.4 is 10.6 Å². The molecule has 7 nitrogen and oxygen atoms in total. The molecule has 1 unspecified atom stereocenters. The van der Waals surface area contributed by atoms with E-state index in [0.717, 1.165) is 40.1 Å². The Bertz CT molecular complexity index is 1000. The van der Waals surface area contributed by atoms with Crippen LogP contribution in [0.3, 0.4) is 0 Å². The molecule has 8 heteroatoms. The molecule has 2 fully saturated rings. The van der Waals surface area contributed by atoms with Gasteiger partial charge in [-0.2, -0.15) is 0 Å². The fourth-order valence-corrected chi connectivity index (χ4v) is 4.85. The molecule has 4 rings (SSSR count). The van der Waals surface area contributed by atoms with Crippen molar-refractivity contribution in [1.82, 2.24) is 15.2 Å². The molecule has 4 amide bonds. The van der Waals surface area contributed by atoms with Gasteiger partial charge in [-0.3, -0.25) is 14.5 Å². The minimum Gasteiger partial charge on any atom is -0.323 e. The normalized spacial score (nSPS) is 21.4. The van der Waals surface area contributed by atoms with Gasteiger partial charge >= 0.3 is 6.03 Å². The van der Waals surface area contributed by atoms with E-state index in [9.17, 15) is 14.4 Å². The van der Waals surface area contributed by atoms with Crippen molar-refractivity contribution in [2.24, 2.45) is 5.92 Å². The molecule has 1 saturated heterocycles. The van der Waals surface area contributed by atoms with Crippen molar-refractivity contribution < 1.29 is 14.4 Å². The number of amides is 4. The lowest BCUT2D eigenvalue weighted by molar-refractivity contribution is -0.134. The van der Waals surface area contributed by atoms with Crippen LogP contribution in [0.5, 0.6) is 0 Å². The van der Waals surface area contributed by atoms with Gasteiger partial charge in [0.1, 0.15) is 12.1 Å². The number of benzene rings is 1. The lowest BCUT2D eigenvalue weighted by Crippen LogP contribution is -2.46. The average molecular weight is 413 g/mol. The second-order valence-electron chi connectivity index (χ2n) is 8.16. The van der Waals surface area contributed by atoms with E-state index < -0.39 is 17.5 Å². The largest absolute Gasteiger partial charge is 0.325 e. The standard InChI is InChI=1S/C21H24N4O3S/c1-11-7-12(2)17(13(3)8-11)15-10-29-19(22-15)23-16(26)9-25-18(27)21(4,14-5-6-14)24-20(25)28/h7-8,10,14H,5-6,9H2,1-4H3,(H,24,28)(H,22,23,26). The van der Waals surface area contributed by atoms with Crippen LogP contribution in [-0.2, 0) is 9.59 Å². The Hall–Kier alpha value is -2.74. The maximum atomic E-state index is 12.6. The molecule has 2 aliphatic rings. The summed E-state index contributed by atoms with van der Waals surface area (Å²) in [4.78, 5) is 42.9. The van der Waals surface area contributed by atoms with E-state index >= 15 is 0 Å². The van der Waals surface area contributed by atoms with E-state index in [4.69, 9.17) is 0 Å². The monoisotopic (exact) mass is 412 g/mol. The van der Waals surface area contributed by atoms with Gasteiger partial charge in [0.25, 0.3) is 5.91 Å². The molecule has 2 aromatic rings. The number of urea groups is 1. The molecule has 1 aliphatic heterocycles. The van der Waals surface area contributed by atoms with Gasteiger partial charge in [0.2, 0.25) is 5.91 Å². The molecule has 1 saturated carbocycles. The van der Waals surface area contributed by atoms with E-state index in [1.165, 1.54) is 16.9 Å². The number of rotatable bonds is 5. The Morgan fingerprint density at radius 2 is 1.93 bits per heavy atom. The Morgan fingerprint density at radius 3 is 2.55 bits per heavy atom. The number of hydrogen-bond acceptors (Lipinski definition) is 5. The lowest BCUT2D eigenvalue weighted by Gasteiger charge is -2.20. The Labute approximate surface area is 173 Å². The van der Waals surface area contributed by atoms with Crippen LogP contribution in [0.25, 0.3) is 11.3 Å². The van der Waals surface area contributed by atoms with Crippen molar-refractivity contribution in [1.29, 1.82) is 0 Å². The van der Waals surface area contributed by atoms with Crippen molar-refractivity contribution >= 4 is 34.3 Å². The predicted octanol–water partition coefficient (Wildman–Crippen LogP) is 3.39. The summed E-state index contributed by atoms with van der Waals surface area (Å²) in [5.74, 6) is -0.604. The second-order valence-corrected chi connectivity index (χ2v) is 9.02. The van der Waals surface area contributed by atoms with E-state index in [1.807, 2.05) is 19.2 Å². The third-order valence-corrected chi connectivity index (χ3v) is 6.44. The van der Waals surface area contributed by atoms with Crippen molar-refractivity contribution in [3.05, 3.63) is 34.2 Å². The zero-order valence-corrected chi connectivity index (χ0v) is 17.8. The number of nitrogens with zero attached hydrogens (tertiary/aromatic N) is 2. The van der Waals surface area contributed by atoms with Crippen molar-refractivity contribution in [3.8, 4) is 11.3 Å². The minimum absolute atomic E-state index is 0.162. The lowest BCUT2D eigenvalue weighted by atomic mass is 9.96. The van der Waals surface area contributed by atoms with Crippen LogP contribution in [0.1, 0.15) is 36.5 Å². The number of aromatic nitrogens is 1. The van der Waals surface area contributed by atoms with E-state index in [2.05, 4.69) is 34.7 Å². The maximum absolute atomic E-state index is 12.6. The molecule has 2 N–H and O–H groups in total. The predicted molar refractivity (Wildman–Crippen MR) is 112 cm³/mol. The summed E-state index contributed by atoms with van der Waals surface area (Å²) < 4.78 is 0. The van der Waals surface area contributed by atoms with Crippen LogP contribution in [0.15, 0.2) is 17.5 Å². The third kappa shape index (κ3) is 3.53. The molecule has 0 bridgehead atoms. The summed E-state index contributed by atoms with van der Waals surface area (Å²) in [6.07, 6.45) is 1.84. The summed E-state index contributed by atoms with van der Waals surface area (Å²) in [5.41, 5.74) is 4.43. The summed E-state index contributed by atoms with van der Waals surface area (Å²) in [7, 11) is 0. The third-order valence-electron chi connectivity index (χ3n) is 5.68. The maximum Gasteiger partial charge on any atom is 0.325 e. The molecule has 0 spiro atoms. The van der Waals surface area contributed by atoms with E-state index in [-0.39, 0.29) is 18.4 Å². The molecule has 152 valence electrons. The molecule has 2 heterocycles. The Kier molecular flexibility index (Phi) is 4.69. The van der Waals surface area contributed by atoms with E-state index in [1.54, 1.807) is 6.92 Å². The second kappa shape index (κ2) is 6.95. The Morgan fingerprint density at radius 1 is 1.28 bits per heavy atom. The van der Waals surface area contributed by atoms with Gasteiger partial charge in [-0.05, 0) is 57.6 Å². The molecule has 0 radical (unpaired) electrons. The van der Waals surface area contributed by atoms with Crippen LogP contribution in [-0.4, -0.2) is 39.8 Å². The smallest absolute Gasteiger partial charge is 0.323 e. The van der Waals surface area contributed by atoms with Crippen LogP contribution in [0.2, 0.25) is 0 Å². The summed E-state index contributed by atoms with van der Waals surface area (Å²) in [6, 6.07) is 3.70. The van der Waals surface area contributed by atoms with Gasteiger partial charge in [0.05, 0.1) is 5.69 Å². The molecule has 1 aromatic carbocycles. The van der Waals surface area contributed by atoms with Gasteiger partial charge in [0.15, 0.2) is 5.13 Å². The zero-order valence-electron chi connectivity index (χ0n) is 17.0. The fourth-order valence-electron chi connectivity index (χ4n) is 4.13. The summed E-state index contributed by atoms with van der Waals surface area (Å²) >= 11 is 1.32. The van der Waals surface area contributed by atoms with Crippen LogP contribution >= 0.6 is 11.3 Å². The molecule has 1 aliphatic carbocycles. The first kappa shape index (κ1) is 19.6. The van der Waals surface area contributed by atoms with E-state index in [0.29, 0.717) is 5.13 Å². The van der Waals surface area contributed by atoms with Gasteiger partial charge in [0, 0.05) is 10.9 Å².